The number of fused-ring (bicyclic) bond motifs is 1. The number of aryl methyl sites for hydroxylation is 1. The predicted molar refractivity (Wildman–Crippen MR) is 69.3 cm³/mol. The lowest BCUT2D eigenvalue weighted by molar-refractivity contribution is 0.373. The second-order valence-corrected chi connectivity index (χ2v) is 4.84. The number of hydrogen-bond acceptors (Lipinski definition) is 5. The van der Waals surface area contributed by atoms with Crippen molar-refractivity contribution in [2.24, 2.45) is 0 Å². The van der Waals surface area contributed by atoms with Crippen LogP contribution in [-0.2, 0) is 0 Å². The summed E-state index contributed by atoms with van der Waals surface area (Å²) in [5.41, 5.74) is 1.90. The van der Waals surface area contributed by atoms with E-state index in [1.807, 2.05) is 13.0 Å². The highest BCUT2D eigenvalue weighted by Crippen LogP contribution is 2.33. The first-order valence-corrected chi connectivity index (χ1v) is 6.19. The number of phenolic OH excluding ortho intramolecular Hbond substituents is 1. The summed E-state index contributed by atoms with van der Waals surface area (Å²) < 4.78 is 6.90. The van der Waals surface area contributed by atoms with E-state index in [-0.39, 0.29) is 5.75 Å². The summed E-state index contributed by atoms with van der Waals surface area (Å²) in [6.07, 6.45) is 1.79. The third-order valence-corrected chi connectivity index (χ3v) is 3.65. The van der Waals surface area contributed by atoms with Crippen molar-refractivity contribution in [1.82, 2.24) is 14.6 Å². The Bertz CT molecular complexity index is 717. The van der Waals surface area contributed by atoms with Crippen molar-refractivity contribution in [3.63, 3.8) is 0 Å². The lowest BCUT2D eigenvalue weighted by atomic mass is 10.2. The van der Waals surface area contributed by atoms with E-state index in [2.05, 4.69) is 10.1 Å². The quantitative estimate of drug-likeness (QED) is 0.770. The van der Waals surface area contributed by atoms with Crippen molar-refractivity contribution in [3.8, 4) is 22.1 Å². The number of hydrogen-bond donors (Lipinski definition) is 1. The van der Waals surface area contributed by atoms with Gasteiger partial charge in [0.25, 0.3) is 0 Å². The largest absolute Gasteiger partial charge is 0.504 e. The number of rotatable bonds is 2. The molecule has 5 nitrogen and oxygen atoms in total. The molecule has 3 rings (SSSR count). The summed E-state index contributed by atoms with van der Waals surface area (Å²) >= 11 is 1.50. The van der Waals surface area contributed by atoms with E-state index in [0.29, 0.717) is 5.75 Å². The fourth-order valence-electron chi connectivity index (χ4n) is 1.73. The van der Waals surface area contributed by atoms with Crippen LogP contribution in [0.3, 0.4) is 0 Å². The highest BCUT2D eigenvalue weighted by atomic mass is 32.1. The van der Waals surface area contributed by atoms with Gasteiger partial charge >= 0.3 is 0 Å². The topological polar surface area (TPSA) is 59.7 Å². The van der Waals surface area contributed by atoms with Gasteiger partial charge in [-0.15, -0.1) is 0 Å². The second kappa shape index (κ2) is 3.99. The smallest absolute Gasteiger partial charge is 0.212 e. The molecule has 0 fully saturated rings. The summed E-state index contributed by atoms with van der Waals surface area (Å²) in [7, 11) is 1.53. The van der Waals surface area contributed by atoms with E-state index in [0.717, 1.165) is 21.2 Å². The number of imidazole rings is 1. The monoisotopic (exact) mass is 261 g/mol. The van der Waals surface area contributed by atoms with Gasteiger partial charge in [0.05, 0.1) is 19.0 Å². The third-order valence-electron chi connectivity index (χ3n) is 2.68. The molecule has 3 aromatic rings. The fraction of sp³-hybridized carbons (Fsp3) is 0.167. The van der Waals surface area contributed by atoms with Crippen LogP contribution in [0, 0.1) is 6.92 Å². The normalized spacial score (nSPS) is 11.0. The first-order chi connectivity index (χ1) is 8.69. The van der Waals surface area contributed by atoms with Crippen LogP contribution in [0.2, 0.25) is 0 Å². The Morgan fingerprint density at radius 3 is 2.94 bits per heavy atom. The predicted octanol–water partition coefficient (Wildman–Crippen LogP) is 2.48. The van der Waals surface area contributed by atoms with Crippen molar-refractivity contribution in [1.29, 1.82) is 0 Å². The molecule has 0 radical (unpaired) electrons. The minimum Gasteiger partial charge on any atom is -0.504 e. The Balaban J connectivity index is 2.13. The maximum Gasteiger partial charge on any atom is 0.212 e. The molecule has 2 heterocycles. The first kappa shape index (κ1) is 11.0. The van der Waals surface area contributed by atoms with Gasteiger partial charge < -0.3 is 9.84 Å². The summed E-state index contributed by atoms with van der Waals surface area (Å²) in [6.45, 7) is 1.96. The standard InChI is InChI=1S/C12H11N3O2S/c1-7-6-13-12-15(7)14-11(18-12)8-3-4-9(16)10(5-8)17-2/h3-6,16H,1-2H3. The zero-order valence-electron chi connectivity index (χ0n) is 9.91. The molecule has 0 aliphatic rings. The van der Waals surface area contributed by atoms with Crippen LogP contribution in [-0.4, -0.2) is 26.8 Å². The van der Waals surface area contributed by atoms with Crippen LogP contribution >= 0.6 is 11.3 Å². The van der Waals surface area contributed by atoms with Crippen molar-refractivity contribution < 1.29 is 9.84 Å². The van der Waals surface area contributed by atoms with Crippen molar-refractivity contribution in [2.45, 2.75) is 6.92 Å². The SMILES string of the molecule is COc1cc(-c2nn3c(C)cnc3s2)ccc1O. The molecule has 0 aliphatic carbocycles. The lowest BCUT2D eigenvalue weighted by Crippen LogP contribution is -1.88. The molecule has 0 atom stereocenters. The van der Waals surface area contributed by atoms with Crippen LogP contribution < -0.4 is 4.74 Å². The number of aromatic nitrogens is 3. The number of aromatic hydroxyl groups is 1. The van der Waals surface area contributed by atoms with Crippen molar-refractivity contribution in [2.75, 3.05) is 7.11 Å². The number of phenols is 1. The molecular formula is C12H11N3O2S. The second-order valence-electron chi connectivity index (χ2n) is 3.89. The Morgan fingerprint density at radius 2 is 2.22 bits per heavy atom. The van der Waals surface area contributed by atoms with Gasteiger partial charge in [0.15, 0.2) is 11.5 Å². The molecular weight excluding hydrogens is 250 g/mol. The van der Waals surface area contributed by atoms with Crippen LogP contribution in [0.4, 0.5) is 0 Å². The molecule has 0 unspecified atom stereocenters. The highest BCUT2D eigenvalue weighted by Gasteiger charge is 2.11. The summed E-state index contributed by atoms with van der Waals surface area (Å²) in [6, 6.07) is 5.18. The van der Waals surface area contributed by atoms with Gasteiger partial charge in [-0.05, 0) is 25.1 Å². The Labute approximate surface area is 107 Å². The highest BCUT2D eigenvalue weighted by molar-refractivity contribution is 7.19. The Hall–Kier alpha value is -2.08. The minimum atomic E-state index is 0.124. The maximum atomic E-state index is 9.57. The number of methoxy groups -OCH3 is 1. The maximum absolute atomic E-state index is 9.57. The Kier molecular flexibility index (Phi) is 2.45. The molecule has 0 amide bonds. The summed E-state index contributed by atoms with van der Waals surface area (Å²) in [5.74, 6) is 0.566. The first-order valence-electron chi connectivity index (χ1n) is 5.37. The zero-order valence-corrected chi connectivity index (χ0v) is 10.7. The van der Waals surface area contributed by atoms with Gasteiger partial charge in [0.1, 0.15) is 5.01 Å². The third kappa shape index (κ3) is 1.62. The van der Waals surface area contributed by atoms with Crippen molar-refractivity contribution >= 4 is 16.3 Å². The average molecular weight is 261 g/mol. The summed E-state index contributed by atoms with van der Waals surface area (Å²) in [4.78, 5) is 5.12. The van der Waals surface area contributed by atoms with Crippen molar-refractivity contribution in [3.05, 3.63) is 30.1 Å². The zero-order chi connectivity index (χ0) is 12.7. The van der Waals surface area contributed by atoms with Gasteiger partial charge in [-0.25, -0.2) is 9.50 Å². The summed E-state index contributed by atoms with van der Waals surface area (Å²) in [5, 5.41) is 14.9. The number of nitrogens with zero attached hydrogens (tertiary/aromatic N) is 3. The van der Waals surface area contributed by atoms with Crippen LogP contribution in [0.5, 0.6) is 11.5 Å². The molecule has 0 spiro atoms. The molecule has 18 heavy (non-hydrogen) atoms. The Morgan fingerprint density at radius 1 is 1.39 bits per heavy atom. The van der Waals surface area contributed by atoms with Crippen LogP contribution in [0.1, 0.15) is 5.69 Å². The van der Waals surface area contributed by atoms with Gasteiger partial charge in [-0.1, -0.05) is 11.3 Å². The van der Waals surface area contributed by atoms with E-state index in [1.54, 1.807) is 22.8 Å². The molecule has 92 valence electrons. The molecule has 1 aromatic carbocycles. The van der Waals surface area contributed by atoms with Crippen LogP contribution in [0.25, 0.3) is 15.5 Å². The molecule has 1 N–H and O–H groups in total. The van der Waals surface area contributed by atoms with E-state index in [9.17, 15) is 5.11 Å². The molecule has 0 bridgehead atoms. The molecule has 0 saturated carbocycles. The molecule has 0 saturated heterocycles. The van der Waals surface area contributed by atoms with E-state index >= 15 is 0 Å². The van der Waals surface area contributed by atoms with Gasteiger partial charge in [-0.3, -0.25) is 0 Å². The number of benzene rings is 1. The average Bonchev–Trinajstić information content (AvgIpc) is 2.93. The fourth-order valence-corrected chi connectivity index (χ4v) is 2.64. The van der Waals surface area contributed by atoms with E-state index < -0.39 is 0 Å². The van der Waals surface area contributed by atoms with E-state index in [4.69, 9.17) is 4.74 Å². The van der Waals surface area contributed by atoms with Gasteiger partial charge in [-0.2, -0.15) is 5.10 Å². The lowest BCUT2D eigenvalue weighted by Gasteiger charge is -2.04. The van der Waals surface area contributed by atoms with Crippen LogP contribution in [0.15, 0.2) is 24.4 Å². The molecule has 6 heteroatoms. The number of ether oxygens (including phenoxy) is 1. The van der Waals surface area contributed by atoms with Gasteiger partial charge in [0, 0.05) is 5.56 Å². The molecule has 0 aliphatic heterocycles. The minimum absolute atomic E-state index is 0.124. The molecule has 2 aromatic heterocycles. The van der Waals surface area contributed by atoms with Gasteiger partial charge in [0.2, 0.25) is 4.96 Å². The van der Waals surface area contributed by atoms with E-state index in [1.165, 1.54) is 18.4 Å².